The van der Waals surface area contributed by atoms with Gasteiger partial charge in [0.1, 0.15) is 11.5 Å². The highest BCUT2D eigenvalue weighted by atomic mass is 32.7. The molecule has 0 fully saturated rings. The molecule has 35 heavy (non-hydrogen) atoms. The van der Waals surface area contributed by atoms with Gasteiger partial charge in [0.2, 0.25) is 0 Å². The first kappa shape index (κ1) is 25.3. The molecule has 2 aromatic carbocycles. The van der Waals surface area contributed by atoms with Gasteiger partial charge >= 0.3 is 13.0 Å². The Bertz CT molecular complexity index is 1390. The summed E-state index contributed by atoms with van der Waals surface area (Å²) in [5, 5.41) is 0.422. The number of hydrogen-bond donors (Lipinski definition) is 0. The van der Waals surface area contributed by atoms with Crippen molar-refractivity contribution in [1.82, 2.24) is 4.98 Å². The van der Waals surface area contributed by atoms with Crippen LogP contribution in [0.2, 0.25) is 0 Å². The maximum absolute atomic E-state index is 13.7. The minimum atomic E-state index is -4.51. The van der Waals surface area contributed by atoms with E-state index in [1.807, 2.05) is 32.9 Å². The average Bonchev–Trinajstić information content (AvgIpc) is 2.77. The Morgan fingerprint density at radius 2 is 1.86 bits per heavy atom. The van der Waals surface area contributed by atoms with Gasteiger partial charge in [-0.15, -0.1) is 0 Å². The largest absolute Gasteiger partial charge is 0.492 e. The van der Waals surface area contributed by atoms with Crippen LogP contribution >= 0.6 is 18.2 Å². The molecule has 0 spiro atoms. The van der Waals surface area contributed by atoms with Gasteiger partial charge in [-0.1, -0.05) is 30.7 Å². The molecule has 0 radical (unpaired) electrons. The molecule has 0 amide bonds. The summed E-state index contributed by atoms with van der Waals surface area (Å²) in [4.78, 5) is 17.1. The number of ketones is 1. The molecular formula is C25H23F3NO4PS. The van der Waals surface area contributed by atoms with Gasteiger partial charge in [0.15, 0.2) is 5.78 Å². The van der Waals surface area contributed by atoms with Crippen molar-refractivity contribution in [3.05, 3.63) is 76.2 Å². The Kier molecular flexibility index (Phi) is 7.02. The molecule has 0 saturated carbocycles. The number of fused-ring (bicyclic) bond motifs is 2. The molecule has 3 aromatic rings. The highest BCUT2D eigenvalue weighted by Gasteiger charge is 2.34. The van der Waals surface area contributed by atoms with Crippen LogP contribution < -0.4 is 4.52 Å². The molecule has 5 nitrogen and oxygen atoms in total. The van der Waals surface area contributed by atoms with E-state index >= 15 is 0 Å². The van der Waals surface area contributed by atoms with Crippen LogP contribution in [0, 0.1) is 13.8 Å². The number of alkyl halides is 3. The molecular weight excluding hydrogens is 498 g/mol. The van der Waals surface area contributed by atoms with Gasteiger partial charge in [-0.3, -0.25) is 4.79 Å². The summed E-state index contributed by atoms with van der Waals surface area (Å²) in [5.41, 5.74) is 1.52. The molecule has 1 unspecified atom stereocenters. The number of allylic oxidation sites excluding steroid dienone is 1. The summed E-state index contributed by atoms with van der Waals surface area (Å²) >= 11 is 1.03. The van der Waals surface area contributed by atoms with Crippen LogP contribution in [0.25, 0.3) is 17.0 Å². The molecule has 4 rings (SSSR count). The number of carbonyl (C=O) groups is 1. The van der Waals surface area contributed by atoms with Crippen molar-refractivity contribution in [2.24, 2.45) is 0 Å². The zero-order valence-electron chi connectivity index (χ0n) is 19.3. The zero-order valence-corrected chi connectivity index (χ0v) is 21.0. The molecule has 1 aliphatic carbocycles. The van der Waals surface area contributed by atoms with E-state index in [-0.39, 0.29) is 34.7 Å². The van der Waals surface area contributed by atoms with Crippen molar-refractivity contribution in [2.45, 2.75) is 39.8 Å². The van der Waals surface area contributed by atoms with E-state index in [4.69, 9.17) is 9.05 Å². The maximum atomic E-state index is 13.7. The molecule has 0 bridgehead atoms. The van der Waals surface area contributed by atoms with Crippen LogP contribution in [0.3, 0.4) is 0 Å². The van der Waals surface area contributed by atoms with Gasteiger partial charge in [-0.25, -0.2) is 9.55 Å². The highest BCUT2D eigenvalue weighted by Crippen LogP contribution is 2.62. The van der Waals surface area contributed by atoms with E-state index in [2.05, 4.69) is 4.98 Å². The molecule has 1 atom stereocenters. The van der Waals surface area contributed by atoms with Crippen LogP contribution in [0.4, 0.5) is 13.2 Å². The van der Waals surface area contributed by atoms with Gasteiger partial charge in [0.05, 0.1) is 23.2 Å². The Morgan fingerprint density at radius 1 is 1.09 bits per heavy atom. The fourth-order valence-corrected chi connectivity index (χ4v) is 7.11. The van der Waals surface area contributed by atoms with Crippen LogP contribution in [0.1, 0.15) is 52.5 Å². The Hall–Kier alpha value is -2.77. The number of halogens is 3. The monoisotopic (exact) mass is 521 g/mol. The van der Waals surface area contributed by atoms with Crippen molar-refractivity contribution >= 4 is 40.9 Å². The minimum absolute atomic E-state index is 0.0954. The van der Waals surface area contributed by atoms with Crippen LogP contribution in [0.5, 0.6) is 5.75 Å². The number of aryl methyl sites for hydroxylation is 2. The first-order valence-corrected chi connectivity index (χ1v) is 14.1. The second kappa shape index (κ2) is 9.70. The first-order valence-electron chi connectivity index (χ1n) is 10.9. The van der Waals surface area contributed by atoms with E-state index in [1.165, 1.54) is 18.2 Å². The summed E-state index contributed by atoms with van der Waals surface area (Å²) in [6, 6.07) is 10.2. The summed E-state index contributed by atoms with van der Waals surface area (Å²) in [6.45, 7) is 1.93. The predicted molar refractivity (Wildman–Crippen MR) is 132 cm³/mol. The van der Waals surface area contributed by atoms with E-state index in [1.54, 1.807) is 6.07 Å². The highest BCUT2D eigenvalue weighted by molar-refractivity contribution is 8.55. The second-order valence-corrected chi connectivity index (χ2v) is 12.3. The lowest BCUT2D eigenvalue weighted by Crippen LogP contribution is -2.12. The van der Waals surface area contributed by atoms with Crippen LogP contribution in [-0.2, 0) is 15.3 Å². The summed E-state index contributed by atoms with van der Waals surface area (Å²) < 4.78 is 64.7. The predicted octanol–water partition coefficient (Wildman–Crippen LogP) is 8.14. The zero-order chi connectivity index (χ0) is 25.4. The van der Waals surface area contributed by atoms with Crippen LogP contribution in [-0.4, -0.2) is 16.5 Å². The smallest absolute Gasteiger partial charge is 0.412 e. The molecule has 1 aromatic heterocycles. The van der Waals surface area contributed by atoms with E-state index < -0.39 is 18.5 Å². The topological polar surface area (TPSA) is 65.5 Å². The Balaban J connectivity index is 1.69. The minimum Gasteiger partial charge on any atom is -0.412 e. The Labute approximate surface area is 205 Å². The molecule has 0 saturated heterocycles. The SMILES string of the molecule is CCCSP(=O)(OC1=Cc2nc3cc(C(F)(F)F)ccc3cc2C(=O)C1)Oc1ccc(C)cc1C. The second-order valence-electron chi connectivity index (χ2n) is 8.27. The lowest BCUT2D eigenvalue weighted by Gasteiger charge is -2.23. The van der Waals surface area contributed by atoms with E-state index in [0.717, 1.165) is 41.1 Å². The Morgan fingerprint density at radius 3 is 2.54 bits per heavy atom. The lowest BCUT2D eigenvalue weighted by atomic mass is 9.97. The average molecular weight is 521 g/mol. The number of hydrogen-bond acceptors (Lipinski definition) is 6. The summed E-state index contributed by atoms with van der Waals surface area (Å²) in [7, 11) is 0. The number of aromatic nitrogens is 1. The van der Waals surface area contributed by atoms with E-state index in [9.17, 15) is 22.5 Å². The molecule has 184 valence electrons. The van der Waals surface area contributed by atoms with Gasteiger partial charge in [0, 0.05) is 22.8 Å². The number of benzene rings is 2. The fourth-order valence-electron chi connectivity index (χ4n) is 3.65. The molecule has 0 N–H and O–H groups in total. The number of rotatable bonds is 7. The third-order valence-electron chi connectivity index (χ3n) is 5.33. The number of pyridine rings is 1. The van der Waals surface area contributed by atoms with Gasteiger partial charge in [-0.05, 0) is 61.5 Å². The number of carbonyl (C=O) groups excluding carboxylic acids is 1. The summed E-state index contributed by atoms with van der Waals surface area (Å²) in [6.07, 6.45) is -2.50. The molecule has 1 heterocycles. The molecule has 1 aliphatic rings. The number of nitrogens with zero attached hydrogens (tertiary/aromatic N) is 1. The maximum Gasteiger partial charge on any atom is 0.492 e. The molecule has 10 heteroatoms. The van der Waals surface area contributed by atoms with Crippen molar-refractivity contribution in [3.63, 3.8) is 0 Å². The van der Waals surface area contributed by atoms with Gasteiger partial charge < -0.3 is 9.05 Å². The van der Waals surface area contributed by atoms with Crippen LogP contribution in [0.15, 0.2) is 48.2 Å². The lowest BCUT2D eigenvalue weighted by molar-refractivity contribution is -0.137. The quantitative estimate of drug-likeness (QED) is 0.292. The van der Waals surface area contributed by atoms with Gasteiger partial charge in [-0.2, -0.15) is 13.2 Å². The van der Waals surface area contributed by atoms with Crippen molar-refractivity contribution in [1.29, 1.82) is 0 Å². The standard InChI is InChI=1S/C25H23F3NO4PS/c1-4-9-35-34(31,33-24-8-5-15(2)10-16(24)3)32-19-13-22-20(23(30)14-19)11-17-6-7-18(25(26,27)28)12-21(17)29-22/h5-8,10-13H,4,9,14H2,1-3H3. The normalized spacial score (nSPS) is 15.4. The van der Waals surface area contributed by atoms with Crippen molar-refractivity contribution in [2.75, 3.05) is 5.75 Å². The van der Waals surface area contributed by atoms with E-state index in [0.29, 0.717) is 16.9 Å². The third kappa shape index (κ3) is 5.73. The van der Waals surface area contributed by atoms with Crippen molar-refractivity contribution in [3.8, 4) is 5.75 Å². The molecule has 0 aliphatic heterocycles. The fraction of sp³-hybridized carbons (Fsp3) is 0.280. The van der Waals surface area contributed by atoms with Gasteiger partial charge in [0.25, 0.3) is 0 Å². The number of Topliss-reactive ketones (excluding diaryl/α,β-unsaturated/α-hetero) is 1. The van der Waals surface area contributed by atoms with Crippen molar-refractivity contribution < 1.29 is 31.6 Å². The summed E-state index contributed by atoms with van der Waals surface area (Å²) in [5.74, 6) is 0.682. The third-order valence-corrected chi connectivity index (χ3v) is 9.06. The first-order chi connectivity index (χ1) is 16.5.